The van der Waals surface area contributed by atoms with Crippen molar-refractivity contribution in [2.75, 3.05) is 7.05 Å². The Morgan fingerprint density at radius 2 is 1.84 bits per heavy atom. The number of imidazole rings is 1. The summed E-state index contributed by atoms with van der Waals surface area (Å²) in [6, 6.07) is 12.4. The lowest BCUT2D eigenvalue weighted by Gasteiger charge is -2.07. The molecule has 0 fully saturated rings. The van der Waals surface area contributed by atoms with E-state index in [1.165, 1.54) is 7.05 Å². The van der Waals surface area contributed by atoms with Crippen LogP contribution in [0.3, 0.4) is 0 Å². The lowest BCUT2D eigenvalue weighted by molar-refractivity contribution is 0.0951. The summed E-state index contributed by atoms with van der Waals surface area (Å²) in [7, 11) is -1.90. The quantitative estimate of drug-likeness (QED) is 0.622. The van der Waals surface area contributed by atoms with Crippen LogP contribution >= 0.6 is 0 Å². The molecule has 0 atom stereocenters. The van der Waals surface area contributed by atoms with Gasteiger partial charge in [-0.25, -0.2) is 18.1 Å². The molecule has 0 saturated carbocycles. The van der Waals surface area contributed by atoms with Crippen molar-refractivity contribution < 1.29 is 13.2 Å². The Hall–Kier alpha value is -2.71. The Balaban J connectivity index is 1.61. The Morgan fingerprint density at radius 1 is 1.12 bits per heavy atom. The van der Waals surface area contributed by atoms with Gasteiger partial charge in [-0.2, -0.15) is 0 Å². The molecule has 0 saturated heterocycles. The van der Waals surface area contributed by atoms with Crippen molar-refractivity contribution >= 4 is 27.0 Å². The average Bonchev–Trinajstić information content (AvgIpc) is 3.08. The van der Waals surface area contributed by atoms with E-state index in [0.29, 0.717) is 17.7 Å². The predicted molar refractivity (Wildman–Crippen MR) is 95.4 cm³/mol. The summed E-state index contributed by atoms with van der Waals surface area (Å²) in [5.74, 6) is -0.251. The zero-order chi connectivity index (χ0) is 17.9. The molecule has 0 radical (unpaired) electrons. The van der Waals surface area contributed by atoms with Crippen LogP contribution in [-0.2, 0) is 22.3 Å². The molecular formula is C17H18N4O3S. The fourth-order valence-electron chi connectivity index (χ4n) is 2.41. The number of aromatic nitrogens is 2. The molecule has 0 spiro atoms. The summed E-state index contributed by atoms with van der Waals surface area (Å²) < 4.78 is 25.3. The van der Waals surface area contributed by atoms with Gasteiger partial charge in [0.25, 0.3) is 5.91 Å². The van der Waals surface area contributed by atoms with Crippen LogP contribution in [0.1, 0.15) is 21.5 Å². The zero-order valence-corrected chi connectivity index (χ0v) is 14.4. The summed E-state index contributed by atoms with van der Waals surface area (Å²) in [6.45, 7) is 0.360. The van der Waals surface area contributed by atoms with Crippen molar-refractivity contribution in [3.8, 4) is 0 Å². The van der Waals surface area contributed by atoms with Crippen LogP contribution in [0.5, 0.6) is 0 Å². The molecule has 1 aromatic heterocycles. The van der Waals surface area contributed by atoms with Gasteiger partial charge in [-0.1, -0.05) is 24.3 Å². The maximum absolute atomic E-state index is 12.2. The van der Waals surface area contributed by atoms with Crippen molar-refractivity contribution in [1.82, 2.24) is 20.0 Å². The van der Waals surface area contributed by atoms with Gasteiger partial charge in [0.2, 0.25) is 10.0 Å². The van der Waals surface area contributed by atoms with Gasteiger partial charge in [0.05, 0.1) is 23.1 Å². The third kappa shape index (κ3) is 4.23. The molecule has 1 heterocycles. The lowest BCUT2D eigenvalue weighted by Crippen LogP contribution is -2.23. The second-order valence-corrected chi connectivity index (χ2v) is 7.52. The van der Waals surface area contributed by atoms with Gasteiger partial charge < -0.3 is 10.3 Å². The van der Waals surface area contributed by atoms with Crippen molar-refractivity contribution in [3.05, 3.63) is 65.5 Å². The second kappa shape index (κ2) is 7.04. The summed E-state index contributed by atoms with van der Waals surface area (Å²) in [6.07, 6.45) is 1.59. The minimum Gasteiger partial charge on any atom is -0.348 e. The number of carbonyl (C=O) groups excluding carboxylic acids is 1. The van der Waals surface area contributed by atoms with E-state index in [2.05, 4.69) is 20.0 Å². The standard InChI is InChI=1S/C17H18N4O3S/c1-18-25(23,24)10-13-4-2-12(3-5-13)9-19-17(22)14-6-7-15-16(8-14)21-11-20-15/h2-8,11,18H,9-10H2,1H3,(H,19,22)(H,20,21). The van der Waals surface area contributed by atoms with Crippen molar-refractivity contribution in [2.45, 2.75) is 12.3 Å². The molecule has 7 nitrogen and oxygen atoms in total. The number of H-pyrrole nitrogens is 1. The van der Waals surface area contributed by atoms with Crippen LogP contribution in [-0.4, -0.2) is 31.3 Å². The van der Waals surface area contributed by atoms with E-state index < -0.39 is 10.0 Å². The third-order valence-electron chi connectivity index (χ3n) is 3.83. The number of hydrogen-bond donors (Lipinski definition) is 3. The largest absolute Gasteiger partial charge is 0.348 e. The number of sulfonamides is 1. The molecule has 0 unspecified atom stereocenters. The molecular weight excluding hydrogens is 340 g/mol. The average molecular weight is 358 g/mol. The van der Waals surface area contributed by atoms with E-state index in [1.807, 2.05) is 0 Å². The maximum atomic E-state index is 12.2. The first-order valence-corrected chi connectivity index (χ1v) is 9.32. The molecule has 0 bridgehead atoms. The molecule has 0 aliphatic heterocycles. The zero-order valence-electron chi connectivity index (χ0n) is 13.6. The van der Waals surface area contributed by atoms with Gasteiger partial charge >= 0.3 is 0 Å². The van der Waals surface area contributed by atoms with Gasteiger partial charge in [0, 0.05) is 12.1 Å². The lowest BCUT2D eigenvalue weighted by atomic mass is 10.1. The molecule has 8 heteroatoms. The molecule has 3 N–H and O–H groups in total. The van der Waals surface area contributed by atoms with E-state index in [0.717, 1.165) is 16.6 Å². The van der Waals surface area contributed by atoms with E-state index in [4.69, 9.17) is 0 Å². The Morgan fingerprint density at radius 3 is 2.56 bits per heavy atom. The molecule has 0 aliphatic rings. The van der Waals surface area contributed by atoms with Crippen molar-refractivity contribution in [3.63, 3.8) is 0 Å². The first kappa shape index (κ1) is 17.1. The van der Waals surface area contributed by atoms with E-state index in [1.54, 1.807) is 48.8 Å². The highest BCUT2D eigenvalue weighted by molar-refractivity contribution is 7.88. The summed E-state index contributed by atoms with van der Waals surface area (Å²) >= 11 is 0. The molecule has 2 aromatic carbocycles. The fraction of sp³-hybridized carbons (Fsp3) is 0.176. The van der Waals surface area contributed by atoms with Crippen LogP contribution in [0.15, 0.2) is 48.8 Å². The Labute approximate surface area is 145 Å². The van der Waals surface area contributed by atoms with Gasteiger partial charge in [-0.05, 0) is 36.4 Å². The number of hydrogen-bond acceptors (Lipinski definition) is 4. The van der Waals surface area contributed by atoms with E-state index in [-0.39, 0.29) is 11.7 Å². The number of rotatable bonds is 6. The monoisotopic (exact) mass is 358 g/mol. The maximum Gasteiger partial charge on any atom is 0.251 e. The first-order chi connectivity index (χ1) is 12.0. The van der Waals surface area contributed by atoms with Crippen LogP contribution in [0.25, 0.3) is 11.0 Å². The van der Waals surface area contributed by atoms with Gasteiger partial charge in [0.15, 0.2) is 0 Å². The topological polar surface area (TPSA) is 104 Å². The van der Waals surface area contributed by atoms with Gasteiger partial charge in [-0.15, -0.1) is 0 Å². The minimum absolute atomic E-state index is 0.0691. The molecule has 0 aliphatic carbocycles. The van der Waals surface area contributed by atoms with Gasteiger partial charge in [0.1, 0.15) is 0 Å². The number of aromatic amines is 1. The minimum atomic E-state index is -3.29. The highest BCUT2D eigenvalue weighted by atomic mass is 32.2. The van der Waals surface area contributed by atoms with Crippen molar-refractivity contribution in [1.29, 1.82) is 0 Å². The number of nitrogens with one attached hydrogen (secondary N) is 3. The number of benzene rings is 2. The highest BCUT2D eigenvalue weighted by Gasteiger charge is 2.09. The molecule has 3 rings (SSSR count). The summed E-state index contributed by atoms with van der Waals surface area (Å²) in [4.78, 5) is 19.3. The van der Waals surface area contributed by atoms with E-state index in [9.17, 15) is 13.2 Å². The Bertz CT molecular complexity index is 994. The SMILES string of the molecule is CNS(=O)(=O)Cc1ccc(CNC(=O)c2ccc3nc[nH]c3c2)cc1. The van der Waals surface area contributed by atoms with Crippen molar-refractivity contribution in [2.24, 2.45) is 0 Å². The van der Waals surface area contributed by atoms with Crippen LogP contribution in [0, 0.1) is 0 Å². The smallest absolute Gasteiger partial charge is 0.251 e. The van der Waals surface area contributed by atoms with E-state index >= 15 is 0 Å². The Kier molecular flexibility index (Phi) is 4.82. The van der Waals surface area contributed by atoms with Gasteiger partial charge in [-0.3, -0.25) is 4.79 Å². The second-order valence-electron chi connectivity index (χ2n) is 5.60. The summed E-state index contributed by atoms with van der Waals surface area (Å²) in [5.41, 5.74) is 3.75. The molecule has 130 valence electrons. The van der Waals surface area contributed by atoms with Crippen LogP contribution in [0.4, 0.5) is 0 Å². The highest BCUT2D eigenvalue weighted by Crippen LogP contribution is 2.12. The number of carbonyl (C=O) groups is 1. The molecule has 1 amide bonds. The van der Waals surface area contributed by atoms with Crippen LogP contribution in [0.2, 0.25) is 0 Å². The normalized spacial score (nSPS) is 11.6. The fourth-order valence-corrected chi connectivity index (χ4v) is 3.18. The first-order valence-electron chi connectivity index (χ1n) is 7.67. The van der Waals surface area contributed by atoms with Crippen LogP contribution < -0.4 is 10.0 Å². The third-order valence-corrected chi connectivity index (χ3v) is 5.16. The molecule has 3 aromatic rings. The number of nitrogens with zero attached hydrogens (tertiary/aromatic N) is 1. The predicted octanol–water partition coefficient (Wildman–Crippen LogP) is 1.54. The summed E-state index contributed by atoms with van der Waals surface area (Å²) in [5, 5.41) is 2.85. The number of fused-ring (bicyclic) bond motifs is 1. The number of amides is 1. The molecule has 25 heavy (non-hydrogen) atoms.